The van der Waals surface area contributed by atoms with Crippen molar-refractivity contribution in [1.29, 1.82) is 0 Å². The molecule has 4 aromatic heterocycles. The molecule has 1 aliphatic carbocycles. The van der Waals surface area contributed by atoms with Crippen LogP contribution in [0.4, 0.5) is 19.0 Å². The number of hydrogen-bond acceptors (Lipinski definition) is 7. The summed E-state index contributed by atoms with van der Waals surface area (Å²) in [5.41, 5.74) is -0.134. The molecule has 1 aliphatic heterocycles. The summed E-state index contributed by atoms with van der Waals surface area (Å²) in [4.78, 5) is 24.6. The highest BCUT2D eigenvalue weighted by molar-refractivity contribution is 6.00. The standard InChI is InChI=1S/C23H19F3N6O3/c24-16-5-13(16)22(33)29-17-6-12-14(7-27-17)19(20(25)26)28-8-15(12)21-30-18-2-1-11(9-32(18)31-21)23(34)3-4-35-10-23/h1-2,6-9,13,16,20,34H,3-5,10H2,(H,27,29,33)/t13-,16+,23-/m0/s1. The Labute approximate surface area is 196 Å². The molecule has 0 spiro atoms. The van der Waals surface area contributed by atoms with E-state index in [1.807, 2.05) is 0 Å². The maximum atomic E-state index is 13.6. The summed E-state index contributed by atoms with van der Waals surface area (Å²) in [7, 11) is 0. The van der Waals surface area contributed by atoms with Crippen LogP contribution in [0, 0.1) is 5.92 Å². The second-order valence-electron chi connectivity index (χ2n) is 8.81. The van der Waals surface area contributed by atoms with Crippen molar-refractivity contribution in [1.82, 2.24) is 24.6 Å². The van der Waals surface area contributed by atoms with E-state index in [1.54, 1.807) is 18.3 Å². The van der Waals surface area contributed by atoms with Crippen LogP contribution in [0.5, 0.6) is 0 Å². The number of aromatic nitrogens is 5. The molecule has 6 rings (SSSR count). The molecule has 0 radical (unpaired) electrons. The number of halogens is 3. The van der Waals surface area contributed by atoms with Crippen LogP contribution in [0.25, 0.3) is 27.8 Å². The van der Waals surface area contributed by atoms with Gasteiger partial charge in [0.15, 0.2) is 11.5 Å². The van der Waals surface area contributed by atoms with Crippen LogP contribution in [-0.4, -0.2) is 55.0 Å². The van der Waals surface area contributed by atoms with Crippen LogP contribution in [0.15, 0.2) is 36.8 Å². The molecule has 1 saturated carbocycles. The first-order valence-electron chi connectivity index (χ1n) is 11.0. The normalized spacial score (nSPS) is 23.9. The molecule has 35 heavy (non-hydrogen) atoms. The monoisotopic (exact) mass is 484 g/mol. The van der Waals surface area contributed by atoms with Gasteiger partial charge in [-0.3, -0.25) is 9.78 Å². The van der Waals surface area contributed by atoms with Gasteiger partial charge in [0.25, 0.3) is 6.43 Å². The molecule has 0 unspecified atom stereocenters. The lowest BCUT2D eigenvalue weighted by molar-refractivity contribution is -0.117. The van der Waals surface area contributed by atoms with E-state index >= 15 is 0 Å². The van der Waals surface area contributed by atoms with Gasteiger partial charge < -0.3 is 15.2 Å². The number of carbonyl (C=O) groups is 1. The van der Waals surface area contributed by atoms with E-state index in [4.69, 9.17) is 4.74 Å². The fraction of sp³-hybridized carbons (Fsp3) is 0.348. The minimum absolute atomic E-state index is 0.0854. The Bertz CT molecular complexity index is 1470. The number of pyridine rings is 3. The van der Waals surface area contributed by atoms with E-state index in [9.17, 15) is 23.1 Å². The van der Waals surface area contributed by atoms with Crippen molar-refractivity contribution < 1.29 is 27.8 Å². The third-order valence-electron chi connectivity index (χ3n) is 6.42. The van der Waals surface area contributed by atoms with Crippen molar-refractivity contribution in [2.24, 2.45) is 5.92 Å². The van der Waals surface area contributed by atoms with E-state index in [-0.39, 0.29) is 30.1 Å². The number of amides is 1. The number of rotatable bonds is 5. The molecule has 4 aromatic rings. The Hall–Kier alpha value is -3.64. The number of anilines is 1. The highest BCUT2D eigenvalue weighted by Gasteiger charge is 2.43. The summed E-state index contributed by atoms with van der Waals surface area (Å²) in [6.07, 6.45) is 0.682. The quantitative estimate of drug-likeness (QED) is 0.447. The molecule has 2 fully saturated rings. The maximum Gasteiger partial charge on any atom is 0.281 e. The lowest BCUT2D eigenvalue weighted by atomic mass is 9.95. The van der Waals surface area contributed by atoms with Crippen LogP contribution >= 0.6 is 0 Å². The Kier molecular flexibility index (Phi) is 4.97. The first-order valence-corrected chi connectivity index (χ1v) is 11.0. The molecule has 2 aliphatic rings. The molecule has 1 saturated heterocycles. The first kappa shape index (κ1) is 21.9. The third kappa shape index (κ3) is 3.78. The van der Waals surface area contributed by atoms with Crippen molar-refractivity contribution in [2.45, 2.75) is 31.0 Å². The van der Waals surface area contributed by atoms with Gasteiger partial charge in [0, 0.05) is 53.5 Å². The molecule has 0 aromatic carbocycles. The largest absolute Gasteiger partial charge is 0.383 e. The Morgan fingerprint density at radius 1 is 1.26 bits per heavy atom. The second-order valence-corrected chi connectivity index (χ2v) is 8.81. The third-order valence-corrected chi connectivity index (χ3v) is 6.42. The van der Waals surface area contributed by atoms with Crippen molar-refractivity contribution in [3.8, 4) is 11.4 Å². The van der Waals surface area contributed by atoms with E-state index in [1.165, 1.54) is 23.0 Å². The van der Waals surface area contributed by atoms with Crippen molar-refractivity contribution in [3.63, 3.8) is 0 Å². The smallest absolute Gasteiger partial charge is 0.281 e. The fourth-order valence-corrected chi connectivity index (χ4v) is 4.28. The Morgan fingerprint density at radius 3 is 2.80 bits per heavy atom. The van der Waals surface area contributed by atoms with Gasteiger partial charge in [-0.2, -0.15) is 0 Å². The SMILES string of the molecule is O=C(Nc1cc2c(-c3nc4ccc([C@]5(O)CCOC5)cn4n3)cnc(C(F)F)c2cn1)[C@H]1C[C@H]1F. The van der Waals surface area contributed by atoms with Crippen molar-refractivity contribution in [3.05, 3.63) is 48.0 Å². The zero-order chi connectivity index (χ0) is 24.3. The van der Waals surface area contributed by atoms with Crippen LogP contribution in [0.2, 0.25) is 0 Å². The van der Waals surface area contributed by atoms with Crippen LogP contribution in [0.1, 0.15) is 30.5 Å². The van der Waals surface area contributed by atoms with Crippen LogP contribution < -0.4 is 5.32 Å². The zero-order valence-corrected chi connectivity index (χ0v) is 18.2. The molecule has 180 valence electrons. The predicted molar refractivity (Wildman–Crippen MR) is 117 cm³/mol. The number of alkyl halides is 3. The Morgan fingerprint density at radius 2 is 2.09 bits per heavy atom. The summed E-state index contributed by atoms with van der Waals surface area (Å²) >= 11 is 0. The number of fused-ring (bicyclic) bond motifs is 2. The van der Waals surface area contributed by atoms with Crippen LogP contribution in [0.3, 0.4) is 0 Å². The topological polar surface area (TPSA) is 115 Å². The molecular weight excluding hydrogens is 465 g/mol. The summed E-state index contributed by atoms with van der Waals surface area (Å²) in [6.45, 7) is 0.625. The van der Waals surface area contributed by atoms with Gasteiger partial charge in [-0.25, -0.2) is 27.7 Å². The van der Waals surface area contributed by atoms with Crippen LogP contribution in [-0.2, 0) is 15.1 Å². The van der Waals surface area contributed by atoms with Gasteiger partial charge >= 0.3 is 0 Å². The molecule has 2 N–H and O–H groups in total. The minimum atomic E-state index is -2.85. The van der Waals surface area contributed by atoms with Gasteiger partial charge in [0.05, 0.1) is 12.5 Å². The molecule has 12 heteroatoms. The number of nitrogens with one attached hydrogen (secondary N) is 1. The van der Waals surface area contributed by atoms with E-state index in [2.05, 4.69) is 25.4 Å². The number of carbonyl (C=O) groups excluding carboxylic acids is 1. The van der Waals surface area contributed by atoms with Gasteiger partial charge in [-0.1, -0.05) is 6.07 Å². The predicted octanol–water partition coefficient (Wildman–Crippen LogP) is 3.18. The molecule has 0 bridgehead atoms. The number of nitrogens with zero attached hydrogens (tertiary/aromatic N) is 5. The average molecular weight is 484 g/mol. The van der Waals surface area contributed by atoms with Gasteiger partial charge in [-0.05, 0) is 18.6 Å². The molecule has 3 atom stereocenters. The summed E-state index contributed by atoms with van der Waals surface area (Å²) < 4.78 is 47.3. The number of aliphatic hydroxyl groups is 1. The van der Waals surface area contributed by atoms with Crippen molar-refractivity contribution >= 4 is 28.1 Å². The van der Waals surface area contributed by atoms with E-state index in [0.29, 0.717) is 35.2 Å². The lowest BCUT2D eigenvalue weighted by Crippen LogP contribution is -2.26. The fourth-order valence-electron chi connectivity index (χ4n) is 4.28. The van der Waals surface area contributed by atoms with Gasteiger partial charge in [0.2, 0.25) is 5.91 Å². The maximum absolute atomic E-state index is 13.6. The molecule has 5 heterocycles. The zero-order valence-electron chi connectivity index (χ0n) is 18.2. The second kappa shape index (κ2) is 7.95. The Balaban J connectivity index is 1.44. The number of hydrogen-bond donors (Lipinski definition) is 2. The van der Waals surface area contributed by atoms with Gasteiger partial charge in [0.1, 0.15) is 23.3 Å². The van der Waals surface area contributed by atoms with Gasteiger partial charge in [-0.15, -0.1) is 5.10 Å². The van der Waals surface area contributed by atoms with E-state index < -0.39 is 35.7 Å². The molecule has 1 amide bonds. The molecular formula is C23H19F3N6O3. The summed E-state index contributed by atoms with van der Waals surface area (Å²) in [6, 6.07) is 4.87. The highest BCUT2D eigenvalue weighted by Crippen LogP contribution is 2.36. The van der Waals surface area contributed by atoms with E-state index in [0.717, 1.165) is 0 Å². The molecule has 9 nitrogen and oxygen atoms in total. The average Bonchev–Trinajstić information content (AvgIpc) is 3.21. The summed E-state index contributed by atoms with van der Waals surface area (Å²) in [5.74, 6) is -0.926. The summed E-state index contributed by atoms with van der Waals surface area (Å²) in [5, 5.41) is 18.2. The first-order chi connectivity index (χ1) is 16.8. The van der Waals surface area contributed by atoms with Crippen molar-refractivity contribution in [2.75, 3.05) is 18.5 Å². The lowest BCUT2D eigenvalue weighted by Gasteiger charge is -2.20. The highest BCUT2D eigenvalue weighted by atomic mass is 19.3. The number of ether oxygens (including phenoxy) is 1. The minimum Gasteiger partial charge on any atom is -0.383 e.